The van der Waals surface area contributed by atoms with Gasteiger partial charge in [0.1, 0.15) is 17.5 Å². The number of aromatic nitrogens is 2. The first kappa shape index (κ1) is 10.8. The number of nitrogens with two attached hydrogens (primary N) is 1. The van der Waals surface area contributed by atoms with Crippen molar-refractivity contribution in [3.63, 3.8) is 0 Å². The van der Waals surface area contributed by atoms with Gasteiger partial charge in [-0.05, 0) is 18.2 Å². The van der Waals surface area contributed by atoms with Crippen LogP contribution in [-0.2, 0) is 0 Å². The summed E-state index contributed by atoms with van der Waals surface area (Å²) in [5.74, 6) is 0.451. The van der Waals surface area contributed by atoms with Gasteiger partial charge in [-0.1, -0.05) is 30.3 Å². The number of anilines is 1. The van der Waals surface area contributed by atoms with Crippen LogP contribution in [0.15, 0.2) is 48.5 Å². The van der Waals surface area contributed by atoms with Crippen molar-refractivity contribution in [1.82, 2.24) is 9.38 Å². The van der Waals surface area contributed by atoms with Crippen molar-refractivity contribution in [3.05, 3.63) is 54.1 Å². The van der Waals surface area contributed by atoms with Gasteiger partial charge in [-0.2, -0.15) is 5.26 Å². The minimum Gasteiger partial charge on any atom is -0.383 e. The molecule has 0 aliphatic heterocycles. The van der Waals surface area contributed by atoms with E-state index < -0.39 is 0 Å². The van der Waals surface area contributed by atoms with Crippen LogP contribution in [0.5, 0.6) is 0 Å². The molecule has 4 heteroatoms. The zero-order chi connectivity index (χ0) is 13.7. The fourth-order valence-corrected chi connectivity index (χ4v) is 2.75. The minimum absolute atomic E-state index is 0.451. The highest BCUT2D eigenvalue weighted by Crippen LogP contribution is 2.30. The summed E-state index contributed by atoms with van der Waals surface area (Å²) in [6.45, 7) is 0. The lowest BCUT2D eigenvalue weighted by atomic mass is 10.2. The predicted molar refractivity (Wildman–Crippen MR) is 79.3 cm³/mol. The van der Waals surface area contributed by atoms with Crippen LogP contribution in [0.4, 0.5) is 5.82 Å². The van der Waals surface area contributed by atoms with E-state index in [1.807, 2.05) is 52.9 Å². The first-order chi connectivity index (χ1) is 9.81. The zero-order valence-electron chi connectivity index (χ0n) is 10.5. The van der Waals surface area contributed by atoms with Gasteiger partial charge in [0, 0.05) is 10.8 Å². The minimum atomic E-state index is 0.451. The van der Waals surface area contributed by atoms with E-state index in [4.69, 9.17) is 5.73 Å². The number of para-hydroxylation sites is 2. The Kier molecular flexibility index (Phi) is 2.01. The van der Waals surface area contributed by atoms with Crippen LogP contribution in [0, 0.1) is 11.3 Å². The quantitative estimate of drug-likeness (QED) is 0.527. The van der Waals surface area contributed by atoms with Gasteiger partial charge in [-0.25, -0.2) is 4.98 Å². The Morgan fingerprint density at radius 2 is 1.55 bits per heavy atom. The summed E-state index contributed by atoms with van der Waals surface area (Å²) in [6, 6.07) is 17.9. The van der Waals surface area contributed by atoms with E-state index in [2.05, 4.69) is 11.1 Å². The van der Waals surface area contributed by atoms with E-state index >= 15 is 0 Å². The second-order valence-electron chi connectivity index (χ2n) is 4.68. The Labute approximate surface area is 114 Å². The molecule has 0 aliphatic carbocycles. The number of nitrogens with zero attached hydrogens (tertiary/aromatic N) is 3. The van der Waals surface area contributed by atoms with Crippen LogP contribution in [0.3, 0.4) is 0 Å². The van der Waals surface area contributed by atoms with E-state index in [9.17, 15) is 5.26 Å². The van der Waals surface area contributed by atoms with Gasteiger partial charge in [0.05, 0.1) is 11.0 Å². The second-order valence-corrected chi connectivity index (χ2v) is 4.68. The molecule has 0 radical (unpaired) electrons. The third-order valence-electron chi connectivity index (χ3n) is 3.61. The van der Waals surface area contributed by atoms with Gasteiger partial charge in [-0.15, -0.1) is 0 Å². The highest BCUT2D eigenvalue weighted by Gasteiger charge is 2.15. The van der Waals surface area contributed by atoms with E-state index in [0.717, 1.165) is 21.8 Å². The van der Waals surface area contributed by atoms with Crippen molar-refractivity contribution in [2.24, 2.45) is 0 Å². The maximum Gasteiger partial charge on any atom is 0.158 e. The van der Waals surface area contributed by atoms with Crippen molar-refractivity contribution in [2.45, 2.75) is 0 Å². The average Bonchev–Trinajstić information content (AvgIpc) is 2.81. The van der Waals surface area contributed by atoms with E-state index in [-0.39, 0.29) is 0 Å². The summed E-state index contributed by atoms with van der Waals surface area (Å²) in [7, 11) is 0. The largest absolute Gasteiger partial charge is 0.383 e. The van der Waals surface area contributed by atoms with Crippen molar-refractivity contribution in [2.75, 3.05) is 5.73 Å². The zero-order valence-corrected chi connectivity index (χ0v) is 10.5. The monoisotopic (exact) mass is 258 g/mol. The Morgan fingerprint density at radius 3 is 2.25 bits per heavy atom. The molecule has 2 aromatic heterocycles. The molecule has 2 heterocycles. The van der Waals surface area contributed by atoms with Crippen molar-refractivity contribution < 1.29 is 0 Å². The van der Waals surface area contributed by atoms with Crippen LogP contribution in [0.1, 0.15) is 5.56 Å². The predicted octanol–water partition coefficient (Wildman–Crippen LogP) is 3.09. The fourth-order valence-electron chi connectivity index (χ4n) is 2.75. The van der Waals surface area contributed by atoms with Gasteiger partial charge < -0.3 is 5.73 Å². The number of hydrogen-bond acceptors (Lipinski definition) is 3. The number of fused-ring (bicyclic) bond motifs is 5. The number of nitrogen functional groups attached to an aromatic ring is 1. The average molecular weight is 258 g/mol. The number of nitriles is 1. The summed E-state index contributed by atoms with van der Waals surface area (Å²) in [4.78, 5) is 4.43. The molecule has 0 amide bonds. The summed E-state index contributed by atoms with van der Waals surface area (Å²) in [6.07, 6.45) is 0. The normalized spacial score (nSPS) is 11.2. The molecule has 0 bridgehead atoms. The molecule has 4 rings (SSSR count). The van der Waals surface area contributed by atoms with Gasteiger partial charge in [0.2, 0.25) is 0 Å². The Hall–Kier alpha value is -3.06. The molecule has 4 aromatic rings. The van der Waals surface area contributed by atoms with Crippen LogP contribution >= 0.6 is 0 Å². The molecule has 0 unspecified atom stereocenters. The molecule has 0 fully saturated rings. The topological polar surface area (TPSA) is 67.1 Å². The maximum absolute atomic E-state index is 9.44. The van der Waals surface area contributed by atoms with Crippen LogP contribution < -0.4 is 5.73 Å². The molecular formula is C16H10N4. The van der Waals surface area contributed by atoms with Crippen LogP contribution in [-0.4, -0.2) is 9.38 Å². The summed E-state index contributed by atoms with van der Waals surface area (Å²) in [5.41, 5.74) is 9.16. The molecule has 94 valence electrons. The standard InChI is InChI=1S/C16H10N4/c17-9-12-10-5-1-3-7-13(10)20-14-8-4-2-6-11(14)15(18)19-16(12)20/h1-8H,(H2,18,19). The van der Waals surface area contributed by atoms with Crippen molar-refractivity contribution >= 4 is 33.3 Å². The summed E-state index contributed by atoms with van der Waals surface area (Å²) < 4.78 is 2.00. The lowest BCUT2D eigenvalue weighted by Crippen LogP contribution is -1.98. The second kappa shape index (κ2) is 3.72. The Bertz CT molecular complexity index is 1020. The molecule has 0 saturated carbocycles. The molecular weight excluding hydrogens is 248 g/mol. The molecule has 0 aliphatic rings. The van der Waals surface area contributed by atoms with E-state index in [0.29, 0.717) is 17.0 Å². The SMILES string of the molecule is N#Cc1c2ccccc2n2c1nc(N)c1ccccc12. The van der Waals surface area contributed by atoms with Crippen molar-refractivity contribution in [1.29, 1.82) is 5.26 Å². The highest BCUT2D eigenvalue weighted by atomic mass is 15.0. The van der Waals surface area contributed by atoms with Gasteiger partial charge in [-0.3, -0.25) is 4.40 Å². The highest BCUT2D eigenvalue weighted by molar-refractivity contribution is 6.01. The third kappa shape index (κ3) is 1.21. The number of rotatable bonds is 0. The first-order valence-corrected chi connectivity index (χ1v) is 6.29. The first-order valence-electron chi connectivity index (χ1n) is 6.29. The molecule has 4 nitrogen and oxygen atoms in total. The summed E-state index contributed by atoms with van der Waals surface area (Å²) in [5, 5.41) is 11.2. The molecule has 0 saturated heterocycles. The number of benzene rings is 2. The van der Waals surface area contributed by atoms with Gasteiger partial charge in [0.25, 0.3) is 0 Å². The summed E-state index contributed by atoms with van der Waals surface area (Å²) >= 11 is 0. The molecule has 2 aromatic carbocycles. The van der Waals surface area contributed by atoms with E-state index in [1.165, 1.54) is 0 Å². The van der Waals surface area contributed by atoms with Gasteiger partial charge in [0.15, 0.2) is 5.65 Å². The van der Waals surface area contributed by atoms with Crippen LogP contribution in [0.25, 0.3) is 27.5 Å². The molecule has 20 heavy (non-hydrogen) atoms. The van der Waals surface area contributed by atoms with Crippen LogP contribution in [0.2, 0.25) is 0 Å². The smallest absolute Gasteiger partial charge is 0.158 e. The Morgan fingerprint density at radius 1 is 0.950 bits per heavy atom. The lowest BCUT2D eigenvalue weighted by Gasteiger charge is -2.06. The van der Waals surface area contributed by atoms with Gasteiger partial charge >= 0.3 is 0 Å². The third-order valence-corrected chi connectivity index (χ3v) is 3.61. The number of hydrogen-bond donors (Lipinski definition) is 1. The molecule has 0 spiro atoms. The molecule has 2 N–H and O–H groups in total. The maximum atomic E-state index is 9.44. The Balaban J connectivity index is 2.44. The molecule has 0 atom stereocenters. The van der Waals surface area contributed by atoms with Crippen molar-refractivity contribution in [3.8, 4) is 6.07 Å². The van der Waals surface area contributed by atoms with E-state index in [1.54, 1.807) is 0 Å². The lowest BCUT2D eigenvalue weighted by molar-refractivity contribution is 1.23. The fraction of sp³-hybridized carbons (Fsp3) is 0.